The maximum atomic E-state index is 8.75. The second kappa shape index (κ2) is 5.14. The van der Waals surface area contributed by atoms with Gasteiger partial charge in [-0.3, -0.25) is 0 Å². The molecule has 0 fully saturated rings. The topological polar surface area (TPSA) is 64.7 Å². The molecule has 0 aromatic carbocycles. The first-order chi connectivity index (χ1) is 7.07. The van der Waals surface area contributed by atoms with Gasteiger partial charge in [-0.2, -0.15) is 4.98 Å². The molecule has 0 amide bonds. The number of methoxy groups -OCH3 is 1. The van der Waals surface area contributed by atoms with E-state index in [1.54, 1.807) is 7.11 Å². The van der Waals surface area contributed by atoms with Crippen molar-refractivity contribution in [3.63, 3.8) is 0 Å². The average molecular weight is 215 g/mol. The summed E-state index contributed by atoms with van der Waals surface area (Å²) in [7, 11) is 1.66. The Bertz CT molecular complexity index is 295. The summed E-state index contributed by atoms with van der Waals surface area (Å²) in [6.07, 6.45) is 2.29. The fourth-order valence-corrected chi connectivity index (χ4v) is 0.913. The van der Waals surface area contributed by atoms with Crippen molar-refractivity contribution in [2.24, 2.45) is 0 Å². The van der Waals surface area contributed by atoms with Crippen molar-refractivity contribution in [1.29, 1.82) is 0 Å². The smallest absolute Gasteiger partial charge is 0.393 e. The van der Waals surface area contributed by atoms with Crippen LogP contribution in [0.1, 0.15) is 26.0 Å². The van der Waals surface area contributed by atoms with Crippen LogP contribution in [0.5, 0.6) is 6.08 Å². The molecule has 0 saturated carbocycles. The van der Waals surface area contributed by atoms with Crippen LogP contribution in [0.4, 0.5) is 0 Å². The van der Waals surface area contributed by atoms with E-state index in [2.05, 4.69) is 4.98 Å². The second-order valence-electron chi connectivity index (χ2n) is 3.83. The molecule has 1 aromatic rings. The molecule has 5 nitrogen and oxygen atoms in total. The lowest BCUT2D eigenvalue weighted by atomic mass is 10.1. The Kier molecular flexibility index (Phi) is 4.11. The van der Waals surface area contributed by atoms with E-state index in [-0.39, 0.29) is 18.3 Å². The maximum Gasteiger partial charge on any atom is 0.393 e. The van der Waals surface area contributed by atoms with Crippen LogP contribution in [0.3, 0.4) is 0 Å². The SMILES string of the molecule is COC(C)(C)CCOc1nc(CO)co1. The molecule has 0 bridgehead atoms. The van der Waals surface area contributed by atoms with E-state index in [9.17, 15) is 0 Å². The quantitative estimate of drug-likeness (QED) is 0.776. The van der Waals surface area contributed by atoms with Crippen LogP contribution in [0.15, 0.2) is 10.7 Å². The Labute approximate surface area is 89.0 Å². The van der Waals surface area contributed by atoms with Crippen LogP contribution < -0.4 is 4.74 Å². The van der Waals surface area contributed by atoms with Gasteiger partial charge in [-0.15, -0.1) is 0 Å². The maximum absolute atomic E-state index is 8.75. The Morgan fingerprint density at radius 2 is 2.27 bits per heavy atom. The van der Waals surface area contributed by atoms with Gasteiger partial charge >= 0.3 is 6.08 Å². The van der Waals surface area contributed by atoms with Crippen molar-refractivity contribution in [1.82, 2.24) is 4.98 Å². The number of hydrogen-bond donors (Lipinski definition) is 1. The number of aliphatic hydroxyl groups excluding tert-OH is 1. The first-order valence-electron chi connectivity index (χ1n) is 4.80. The largest absolute Gasteiger partial charge is 0.450 e. The zero-order valence-corrected chi connectivity index (χ0v) is 9.32. The van der Waals surface area contributed by atoms with Crippen molar-refractivity contribution in [2.45, 2.75) is 32.5 Å². The lowest BCUT2D eigenvalue weighted by molar-refractivity contribution is 0.00291. The van der Waals surface area contributed by atoms with E-state index in [4.69, 9.17) is 19.0 Å². The highest BCUT2D eigenvalue weighted by Crippen LogP contribution is 2.15. The lowest BCUT2D eigenvalue weighted by Crippen LogP contribution is -2.25. The fraction of sp³-hybridized carbons (Fsp3) is 0.700. The summed E-state index contributed by atoms with van der Waals surface area (Å²) in [5.41, 5.74) is 0.253. The molecule has 0 aliphatic carbocycles. The minimum atomic E-state index is -0.216. The summed E-state index contributed by atoms with van der Waals surface area (Å²) in [5.74, 6) is 0. The van der Waals surface area contributed by atoms with E-state index in [0.29, 0.717) is 12.3 Å². The van der Waals surface area contributed by atoms with Gasteiger partial charge in [0, 0.05) is 13.5 Å². The van der Waals surface area contributed by atoms with Gasteiger partial charge in [-0.05, 0) is 13.8 Å². The van der Waals surface area contributed by atoms with Crippen LogP contribution in [0, 0.1) is 0 Å². The molecular weight excluding hydrogens is 198 g/mol. The van der Waals surface area contributed by atoms with Crippen molar-refractivity contribution in [2.75, 3.05) is 13.7 Å². The molecule has 15 heavy (non-hydrogen) atoms. The molecule has 86 valence electrons. The standard InChI is InChI=1S/C10H17NO4/c1-10(2,13-3)4-5-14-9-11-8(6-12)7-15-9/h7,12H,4-6H2,1-3H3. The highest BCUT2D eigenvalue weighted by Gasteiger charge is 2.16. The first kappa shape index (κ1) is 12.0. The van der Waals surface area contributed by atoms with Gasteiger partial charge < -0.3 is 19.0 Å². The van der Waals surface area contributed by atoms with E-state index in [1.165, 1.54) is 6.26 Å². The van der Waals surface area contributed by atoms with Crippen molar-refractivity contribution < 1.29 is 19.0 Å². The van der Waals surface area contributed by atoms with Crippen LogP contribution in [-0.4, -0.2) is 29.4 Å². The molecule has 5 heteroatoms. The van der Waals surface area contributed by atoms with Crippen molar-refractivity contribution >= 4 is 0 Å². The molecule has 0 aliphatic rings. The molecule has 1 aromatic heterocycles. The van der Waals surface area contributed by atoms with Gasteiger partial charge in [0.2, 0.25) is 0 Å². The zero-order valence-electron chi connectivity index (χ0n) is 9.32. The molecule has 0 saturated heterocycles. The summed E-state index contributed by atoms with van der Waals surface area (Å²) in [4.78, 5) is 3.89. The fourth-order valence-electron chi connectivity index (χ4n) is 0.913. The molecule has 1 heterocycles. The lowest BCUT2D eigenvalue weighted by Gasteiger charge is -2.21. The molecular formula is C10H17NO4. The number of hydrogen-bond acceptors (Lipinski definition) is 5. The Balaban J connectivity index is 2.31. The van der Waals surface area contributed by atoms with Gasteiger partial charge in [0.15, 0.2) is 0 Å². The normalized spacial score (nSPS) is 11.7. The molecule has 0 atom stereocenters. The molecule has 1 N–H and O–H groups in total. The van der Waals surface area contributed by atoms with E-state index < -0.39 is 0 Å². The van der Waals surface area contributed by atoms with Crippen molar-refractivity contribution in [3.8, 4) is 6.08 Å². The number of rotatable bonds is 6. The number of ether oxygens (including phenoxy) is 2. The van der Waals surface area contributed by atoms with Crippen LogP contribution >= 0.6 is 0 Å². The third kappa shape index (κ3) is 3.89. The van der Waals surface area contributed by atoms with Gasteiger partial charge in [0.05, 0.1) is 18.8 Å². The van der Waals surface area contributed by atoms with Crippen LogP contribution in [-0.2, 0) is 11.3 Å². The third-order valence-electron chi connectivity index (χ3n) is 2.17. The van der Waals surface area contributed by atoms with Gasteiger partial charge in [0.25, 0.3) is 0 Å². The summed E-state index contributed by atoms with van der Waals surface area (Å²) < 4.78 is 15.5. The average Bonchev–Trinajstić information content (AvgIpc) is 2.66. The zero-order chi connectivity index (χ0) is 11.3. The minimum Gasteiger partial charge on any atom is -0.450 e. The Hall–Kier alpha value is -1.07. The van der Waals surface area contributed by atoms with Crippen molar-refractivity contribution in [3.05, 3.63) is 12.0 Å². The molecule has 0 unspecified atom stereocenters. The van der Waals surface area contributed by atoms with Crippen LogP contribution in [0.25, 0.3) is 0 Å². The molecule has 1 rings (SSSR count). The number of nitrogens with zero attached hydrogens (tertiary/aromatic N) is 1. The molecule has 0 aliphatic heterocycles. The van der Waals surface area contributed by atoms with E-state index in [1.807, 2.05) is 13.8 Å². The second-order valence-corrected chi connectivity index (χ2v) is 3.83. The third-order valence-corrected chi connectivity index (χ3v) is 2.17. The van der Waals surface area contributed by atoms with Gasteiger partial charge in [0.1, 0.15) is 12.0 Å². The predicted molar refractivity (Wildman–Crippen MR) is 53.6 cm³/mol. The molecule has 0 spiro atoms. The molecule has 0 radical (unpaired) electrons. The number of aromatic nitrogens is 1. The summed E-state index contributed by atoms with van der Waals surface area (Å²) >= 11 is 0. The summed E-state index contributed by atoms with van der Waals surface area (Å²) in [5, 5.41) is 8.75. The Morgan fingerprint density at radius 1 is 1.53 bits per heavy atom. The van der Waals surface area contributed by atoms with Gasteiger partial charge in [-0.1, -0.05) is 0 Å². The first-order valence-corrected chi connectivity index (χ1v) is 4.80. The summed E-state index contributed by atoms with van der Waals surface area (Å²) in [6, 6.07) is 0. The minimum absolute atomic E-state index is 0.142. The highest BCUT2D eigenvalue weighted by atomic mass is 16.6. The number of oxazole rings is 1. The summed E-state index contributed by atoms with van der Waals surface area (Å²) in [6.45, 7) is 4.28. The predicted octanol–water partition coefficient (Wildman–Crippen LogP) is 1.36. The monoisotopic (exact) mass is 215 g/mol. The van der Waals surface area contributed by atoms with E-state index >= 15 is 0 Å². The van der Waals surface area contributed by atoms with Gasteiger partial charge in [-0.25, -0.2) is 0 Å². The van der Waals surface area contributed by atoms with Crippen LogP contribution in [0.2, 0.25) is 0 Å². The van der Waals surface area contributed by atoms with E-state index in [0.717, 1.165) is 6.42 Å². The Morgan fingerprint density at radius 3 is 2.80 bits per heavy atom. The number of aliphatic hydroxyl groups is 1. The highest BCUT2D eigenvalue weighted by molar-refractivity contribution is 4.97.